The Balaban J connectivity index is 1.57. The number of carbonyl (C=O) groups is 3. The molecule has 0 unspecified atom stereocenters. The molecule has 0 spiro atoms. The largest absolute Gasteiger partial charge is 0.350 e. The normalized spacial score (nSPS) is 13.5. The fourth-order valence-electron chi connectivity index (χ4n) is 3.38. The average Bonchev–Trinajstić information content (AvgIpc) is 3.02. The van der Waals surface area contributed by atoms with Gasteiger partial charge >= 0.3 is 0 Å². The van der Waals surface area contributed by atoms with E-state index in [9.17, 15) is 14.4 Å². The second-order valence-electron chi connectivity index (χ2n) is 7.38. The molecule has 4 rings (SSSR count). The summed E-state index contributed by atoms with van der Waals surface area (Å²) >= 11 is 6.21. The van der Waals surface area contributed by atoms with Crippen LogP contribution in [0, 0.1) is 6.92 Å². The lowest BCUT2D eigenvalue weighted by molar-refractivity contribution is -0.120. The molecular formula is C25H20ClN3O3. The van der Waals surface area contributed by atoms with Crippen molar-refractivity contribution in [2.75, 3.05) is 22.2 Å². The number of hydrogen-bond acceptors (Lipinski definition) is 4. The van der Waals surface area contributed by atoms with E-state index in [4.69, 9.17) is 11.6 Å². The Morgan fingerprint density at radius 2 is 1.59 bits per heavy atom. The fraction of sp³-hybridized carbons (Fsp3) is 0.0800. The smallest absolute Gasteiger partial charge is 0.283 e. The van der Waals surface area contributed by atoms with Crippen LogP contribution in [0.2, 0.25) is 0 Å². The molecule has 0 aromatic heterocycles. The van der Waals surface area contributed by atoms with Crippen molar-refractivity contribution in [2.24, 2.45) is 0 Å². The zero-order valence-electron chi connectivity index (χ0n) is 17.5. The molecular weight excluding hydrogens is 426 g/mol. The molecule has 0 bridgehead atoms. The molecule has 0 radical (unpaired) electrons. The van der Waals surface area contributed by atoms with Crippen LogP contribution in [-0.2, 0) is 9.59 Å². The topological polar surface area (TPSA) is 69.7 Å². The molecule has 1 heterocycles. The predicted molar refractivity (Wildman–Crippen MR) is 126 cm³/mol. The summed E-state index contributed by atoms with van der Waals surface area (Å²) in [5, 5.41) is 2.72. The van der Waals surface area contributed by atoms with Crippen LogP contribution < -0.4 is 15.1 Å². The summed E-state index contributed by atoms with van der Waals surface area (Å²) in [7, 11) is 1.69. The highest BCUT2D eigenvalue weighted by molar-refractivity contribution is 6.53. The van der Waals surface area contributed by atoms with Crippen LogP contribution in [0.4, 0.5) is 17.1 Å². The van der Waals surface area contributed by atoms with E-state index in [0.717, 1.165) is 16.2 Å². The lowest BCUT2D eigenvalue weighted by Crippen LogP contribution is -2.32. The third kappa shape index (κ3) is 4.00. The summed E-state index contributed by atoms with van der Waals surface area (Å²) < 4.78 is 0. The monoisotopic (exact) mass is 445 g/mol. The SMILES string of the molecule is Cc1ccc(N2C(=O)C(Cl)=C(Nc3cccc(C(=O)N(C)c4ccccc4)c3)C2=O)cc1. The number of rotatable bonds is 5. The first kappa shape index (κ1) is 21.3. The maximum Gasteiger partial charge on any atom is 0.283 e. The second kappa shape index (κ2) is 8.69. The van der Waals surface area contributed by atoms with E-state index in [2.05, 4.69) is 5.32 Å². The van der Waals surface area contributed by atoms with Crippen molar-refractivity contribution in [3.63, 3.8) is 0 Å². The van der Waals surface area contributed by atoms with E-state index < -0.39 is 11.8 Å². The highest BCUT2D eigenvalue weighted by Crippen LogP contribution is 2.30. The second-order valence-corrected chi connectivity index (χ2v) is 7.75. The number of imide groups is 1. The molecule has 1 N–H and O–H groups in total. The lowest BCUT2D eigenvalue weighted by atomic mass is 10.1. The Kier molecular flexibility index (Phi) is 5.79. The third-order valence-electron chi connectivity index (χ3n) is 5.15. The first-order valence-corrected chi connectivity index (χ1v) is 10.3. The van der Waals surface area contributed by atoms with Gasteiger partial charge < -0.3 is 10.2 Å². The fourth-order valence-corrected chi connectivity index (χ4v) is 3.59. The Labute approximate surface area is 190 Å². The Morgan fingerprint density at radius 1 is 0.906 bits per heavy atom. The van der Waals surface area contributed by atoms with Crippen LogP contribution in [0.1, 0.15) is 15.9 Å². The average molecular weight is 446 g/mol. The molecule has 0 atom stereocenters. The minimum absolute atomic E-state index is 0.0294. The van der Waals surface area contributed by atoms with Crippen molar-refractivity contribution in [1.29, 1.82) is 0 Å². The summed E-state index contributed by atoms with van der Waals surface area (Å²) in [6.07, 6.45) is 0. The molecule has 3 amide bonds. The van der Waals surface area contributed by atoms with Gasteiger partial charge in [-0.2, -0.15) is 0 Å². The number of aryl methyl sites for hydroxylation is 1. The molecule has 32 heavy (non-hydrogen) atoms. The van der Waals surface area contributed by atoms with Gasteiger partial charge in [0.1, 0.15) is 10.7 Å². The van der Waals surface area contributed by atoms with Gasteiger partial charge in [-0.3, -0.25) is 14.4 Å². The number of nitrogens with zero attached hydrogens (tertiary/aromatic N) is 2. The van der Waals surface area contributed by atoms with Gasteiger partial charge in [0.05, 0.1) is 5.69 Å². The van der Waals surface area contributed by atoms with Crippen molar-refractivity contribution in [2.45, 2.75) is 6.92 Å². The first-order valence-electron chi connectivity index (χ1n) is 9.92. The minimum Gasteiger partial charge on any atom is -0.350 e. The molecule has 3 aromatic rings. The lowest BCUT2D eigenvalue weighted by Gasteiger charge is -2.18. The molecule has 3 aromatic carbocycles. The van der Waals surface area contributed by atoms with Gasteiger partial charge in [-0.05, 0) is 49.4 Å². The number of anilines is 3. The Morgan fingerprint density at radius 3 is 2.28 bits per heavy atom. The Hall–Kier alpha value is -3.90. The van der Waals surface area contributed by atoms with Gasteiger partial charge in [0.25, 0.3) is 17.7 Å². The molecule has 7 heteroatoms. The molecule has 0 saturated heterocycles. The summed E-state index contributed by atoms with van der Waals surface area (Å²) in [6.45, 7) is 1.92. The highest BCUT2D eigenvalue weighted by Gasteiger charge is 2.39. The van der Waals surface area contributed by atoms with Crippen LogP contribution in [0.15, 0.2) is 89.6 Å². The van der Waals surface area contributed by atoms with Crippen molar-refractivity contribution >= 4 is 46.4 Å². The van der Waals surface area contributed by atoms with Gasteiger partial charge in [-0.15, -0.1) is 0 Å². The van der Waals surface area contributed by atoms with Crippen LogP contribution in [0.5, 0.6) is 0 Å². The van der Waals surface area contributed by atoms with Crippen molar-refractivity contribution in [3.8, 4) is 0 Å². The standard InChI is InChI=1S/C25H20ClN3O3/c1-16-11-13-20(14-12-16)29-24(31)21(26)22(25(29)32)27-18-8-6-7-17(15-18)23(30)28(2)19-9-4-3-5-10-19/h3-15,27H,1-2H3. The highest BCUT2D eigenvalue weighted by atomic mass is 35.5. The van der Waals surface area contributed by atoms with Crippen LogP contribution in [0.25, 0.3) is 0 Å². The van der Waals surface area contributed by atoms with E-state index in [1.54, 1.807) is 43.4 Å². The third-order valence-corrected chi connectivity index (χ3v) is 5.50. The van der Waals surface area contributed by atoms with Gasteiger partial charge in [0, 0.05) is 24.0 Å². The van der Waals surface area contributed by atoms with Gasteiger partial charge in [0.2, 0.25) is 0 Å². The van der Waals surface area contributed by atoms with Gasteiger partial charge in [-0.1, -0.05) is 53.6 Å². The van der Waals surface area contributed by atoms with E-state index in [-0.39, 0.29) is 16.6 Å². The minimum atomic E-state index is -0.598. The maximum atomic E-state index is 13.0. The molecule has 0 fully saturated rings. The molecule has 1 aliphatic rings. The maximum absolute atomic E-state index is 13.0. The number of carbonyl (C=O) groups excluding carboxylic acids is 3. The number of benzene rings is 3. The number of nitrogens with one attached hydrogen (secondary N) is 1. The van der Waals surface area contributed by atoms with Crippen LogP contribution in [0.3, 0.4) is 0 Å². The Bertz CT molecular complexity index is 1240. The van der Waals surface area contributed by atoms with Crippen LogP contribution in [-0.4, -0.2) is 24.8 Å². The van der Waals surface area contributed by atoms with E-state index in [1.165, 1.54) is 4.90 Å². The van der Waals surface area contributed by atoms with E-state index in [1.807, 2.05) is 49.4 Å². The van der Waals surface area contributed by atoms with Gasteiger partial charge in [0.15, 0.2) is 0 Å². The quantitative estimate of drug-likeness (QED) is 0.577. The predicted octanol–water partition coefficient (Wildman–Crippen LogP) is 4.71. The summed E-state index contributed by atoms with van der Waals surface area (Å²) in [6, 6.07) is 23.0. The molecule has 0 aliphatic carbocycles. The van der Waals surface area contributed by atoms with E-state index in [0.29, 0.717) is 16.9 Å². The van der Waals surface area contributed by atoms with Crippen LogP contribution >= 0.6 is 11.6 Å². The summed E-state index contributed by atoms with van der Waals surface area (Å²) in [5.41, 5.74) is 3.06. The summed E-state index contributed by atoms with van der Waals surface area (Å²) in [4.78, 5) is 41.1. The number of amides is 3. The molecule has 0 saturated carbocycles. The van der Waals surface area contributed by atoms with Crippen molar-refractivity contribution < 1.29 is 14.4 Å². The van der Waals surface area contributed by atoms with Crippen molar-refractivity contribution in [1.82, 2.24) is 0 Å². The van der Waals surface area contributed by atoms with E-state index >= 15 is 0 Å². The first-order chi connectivity index (χ1) is 15.4. The number of halogens is 1. The van der Waals surface area contributed by atoms with Crippen molar-refractivity contribution in [3.05, 3.63) is 101 Å². The zero-order valence-corrected chi connectivity index (χ0v) is 18.3. The molecule has 6 nitrogen and oxygen atoms in total. The zero-order chi connectivity index (χ0) is 22.8. The number of para-hydroxylation sites is 1. The number of hydrogen-bond donors (Lipinski definition) is 1. The van der Waals surface area contributed by atoms with Gasteiger partial charge in [-0.25, -0.2) is 4.90 Å². The molecule has 1 aliphatic heterocycles. The molecule has 160 valence electrons. The summed E-state index contributed by atoms with van der Waals surface area (Å²) in [5.74, 6) is -1.36.